The molecule has 27 heavy (non-hydrogen) atoms. The maximum atomic E-state index is 12.4. The van der Waals surface area contributed by atoms with E-state index in [2.05, 4.69) is 34.3 Å². The molecule has 1 aromatic rings. The van der Waals surface area contributed by atoms with E-state index in [0.717, 1.165) is 37.4 Å². The predicted octanol–water partition coefficient (Wildman–Crippen LogP) is 2.02. The van der Waals surface area contributed by atoms with Gasteiger partial charge in [-0.2, -0.15) is 0 Å². The molecule has 2 N–H and O–H groups in total. The normalized spacial score (nSPS) is 17.0. The number of amides is 2. The molecule has 0 bridgehead atoms. The molecule has 1 aliphatic heterocycles. The first-order chi connectivity index (χ1) is 12.8. The lowest BCUT2D eigenvalue weighted by Gasteiger charge is -2.34. The van der Waals surface area contributed by atoms with E-state index >= 15 is 0 Å². The molecule has 6 heteroatoms. The van der Waals surface area contributed by atoms with E-state index in [-0.39, 0.29) is 17.9 Å². The van der Waals surface area contributed by atoms with Gasteiger partial charge in [-0.25, -0.2) is 0 Å². The molecule has 150 valence electrons. The molecule has 0 aliphatic carbocycles. The van der Waals surface area contributed by atoms with Gasteiger partial charge in [0.15, 0.2) is 0 Å². The molecule has 6 nitrogen and oxygen atoms in total. The van der Waals surface area contributed by atoms with Gasteiger partial charge in [0.1, 0.15) is 0 Å². The first-order valence-electron chi connectivity index (χ1n) is 9.86. The van der Waals surface area contributed by atoms with Crippen LogP contribution in [0.3, 0.4) is 0 Å². The third-order valence-electron chi connectivity index (χ3n) is 5.47. The molecule has 2 rings (SSSR count). The lowest BCUT2D eigenvalue weighted by atomic mass is 10.1. The van der Waals surface area contributed by atoms with E-state index in [1.807, 2.05) is 39.0 Å². The minimum atomic E-state index is 0.0145. The van der Waals surface area contributed by atoms with Gasteiger partial charge in [-0.1, -0.05) is 26.0 Å². The van der Waals surface area contributed by atoms with Crippen molar-refractivity contribution in [2.24, 2.45) is 5.92 Å². The number of nitrogens with zero attached hydrogens (tertiary/aromatic N) is 2. The SMILES string of the molecule is Cc1cccc(NC(=O)CN2CCN(CC(=O)N[C@@H](C)C(C)C)CC2)c1C. The summed E-state index contributed by atoms with van der Waals surface area (Å²) < 4.78 is 0. The standard InChI is InChI=1S/C21H34N4O2/c1-15(2)18(5)22-20(26)13-24-9-11-25(12-10-24)14-21(27)23-19-8-6-7-16(3)17(19)4/h6-8,15,18H,9-14H2,1-5H3,(H,22,26)(H,23,27)/t18-/m0/s1. The van der Waals surface area contributed by atoms with Crippen LogP contribution in [0.1, 0.15) is 31.9 Å². The van der Waals surface area contributed by atoms with Gasteiger partial charge in [-0.05, 0) is 43.9 Å². The quantitative estimate of drug-likeness (QED) is 0.766. The Morgan fingerprint density at radius 3 is 2.07 bits per heavy atom. The number of anilines is 1. The Hall–Kier alpha value is -1.92. The minimum absolute atomic E-state index is 0.0145. The van der Waals surface area contributed by atoms with E-state index in [1.54, 1.807) is 0 Å². The number of carbonyl (C=O) groups is 2. The van der Waals surface area contributed by atoms with Crippen molar-refractivity contribution in [3.05, 3.63) is 29.3 Å². The van der Waals surface area contributed by atoms with Gasteiger partial charge in [0, 0.05) is 37.9 Å². The molecule has 1 aliphatic rings. The number of rotatable bonds is 7. The highest BCUT2D eigenvalue weighted by Gasteiger charge is 2.21. The van der Waals surface area contributed by atoms with Crippen molar-refractivity contribution in [3.8, 4) is 0 Å². The summed E-state index contributed by atoms with van der Waals surface area (Å²) >= 11 is 0. The van der Waals surface area contributed by atoms with Crippen molar-refractivity contribution in [1.29, 1.82) is 0 Å². The number of benzene rings is 1. The van der Waals surface area contributed by atoms with Crippen LogP contribution in [-0.2, 0) is 9.59 Å². The van der Waals surface area contributed by atoms with Crippen molar-refractivity contribution in [3.63, 3.8) is 0 Å². The summed E-state index contributed by atoms with van der Waals surface area (Å²) in [5, 5.41) is 6.06. The first kappa shape index (κ1) is 21.4. The Morgan fingerprint density at radius 2 is 1.52 bits per heavy atom. The second kappa shape index (κ2) is 9.85. The lowest BCUT2D eigenvalue weighted by molar-refractivity contribution is -0.124. The van der Waals surface area contributed by atoms with Crippen LogP contribution < -0.4 is 10.6 Å². The van der Waals surface area contributed by atoms with Gasteiger partial charge >= 0.3 is 0 Å². The Labute approximate surface area is 163 Å². The van der Waals surface area contributed by atoms with Crippen LogP contribution in [0.4, 0.5) is 5.69 Å². The highest BCUT2D eigenvalue weighted by molar-refractivity contribution is 5.93. The molecule has 0 spiro atoms. The van der Waals surface area contributed by atoms with Crippen LogP contribution >= 0.6 is 0 Å². The van der Waals surface area contributed by atoms with Crippen LogP contribution in [0.25, 0.3) is 0 Å². The van der Waals surface area contributed by atoms with Crippen molar-refractivity contribution < 1.29 is 9.59 Å². The van der Waals surface area contributed by atoms with Crippen molar-refractivity contribution >= 4 is 17.5 Å². The topological polar surface area (TPSA) is 64.7 Å². The summed E-state index contributed by atoms with van der Waals surface area (Å²) in [5.41, 5.74) is 3.17. The van der Waals surface area contributed by atoms with Crippen molar-refractivity contribution in [2.45, 2.75) is 40.7 Å². The summed E-state index contributed by atoms with van der Waals surface area (Å²) in [7, 11) is 0. The Kier molecular flexibility index (Phi) is 7.80. The summed E-state index contributed by atoms with van der Waals surface area (Å²) in [6.07, 6.45) is 0. The lowest BCUT2D eigenvalue weighted by Crippen LogP contribution is -2.51. The van der Waals surface area contributed by atoms with Crippen molar-refractivity contribution in [1.82, 2.24) is 15.1 Å². The van der Waals surface area contributed by atoms with Gasteiger partial charge in [0.25, 0.3) is 0 Å². The monoisotopic (exact) mass is 374 g/mol. The molecule has 0 unspecified atom stereocenters. The molecule has 0 radical (unpaired) electrons. The summed E-state index contributed by atoms with van der Waals surface area (Å²) in [4.78, 5) is 28.8. The Morgan fingerprint density at radius 1 is 0.963 bits per heavy atom. The number of aryl methyl sites for hydroxylation is 1. The number of nitrogens with one attached hydrogen (secondary N) is 2. The zero-order valence-electron chi connectivity index (χ0n) is 17.3. The van der Waals surface area contributed by atoms with Gasteiger partial charge in [0.2, 0.25) is 11.8 Å². The van der Waals surface area contributed by atoms with Crippen LogP contribution in [-0.4, -0.2) is 66.9 Å². The van der Waals surface area contributed by atoms with E-state index < -0.39 is 0 Å². The number of hydrogen-bond donors (Lipinski definition) is 2. The molecule has 0 aromatic heterocycles. The van der Waals surface area contributed by atoms with Gasteiger partial charge < -0.3 is 10.6 Å². The second-order valence-corrected chi connectivity index (χ2v) is 7.95. The van der Waals surface area contributed by atoms with Gasteiger partial charge in [0.05, 0.1) is 13.1 Å². The second-order valence-electron chi connectivity index (χ2n) is 7.95. The van der Waals surface area contributed by atoms with Gasteiger partial charge in [-0.3, -0.25) is 19.4 Å². The molecule has 1 atom stereocenters. The van der Waals surface area contributed by atoms with Crippen molar-refractivity contribution in [2.75, 3.05) is 44.6 Å². The average molecular weight is 375 g/mol. The van der Waals surface area contributed by atoms with Crippen LogP contribution in [0, 0.1) is 19.8 Å². The summed E-state index contributed by atoms with van der Waals surface area (Å²) in [6.45, 7) is 14.3. The highest BCUT2D eigenvalue weighted by Crippen LogP contribution is 2.17. The molecule has 1 aromatic carbocycles. The molecule has 2 amide bonds. The maximum absolute atomic E-state index is 12.4. The molecule has 1 saturated heterocycles. The Balaban J connectivity index is 1.73. The van der Waals surface area contributed by atoms with E-state index in [4.69, 9.17) is 0 Å². The smallest absolute Gasteiger partial charge is 0.238 e. The zero-order chi connectivity index (χ0) is 20.0. The molecular formula is C21H34N4O2. The zero-order valence-corrected chi connectivity index (χ0v) is 17.3. The number of piperazine rings is 1. The fraction of sp³-hybridized carbons (Fsp3) is 0.619. The van der Waals surface area contributed by atoms with Gasteiger partial charge in [-0.15, -0.1) is 0 Å². The first-order valence-corrected chi connectivity index (χ1v) is 9.86. The van der Waals surface area contributed by atoms with Crippen LogP contribution in [0.5, 0.6) is 0 Å². The largest absolute Gasteiger partial charge is 0.352 e. The third kappa shape index (κ3) is 6.63. The van der Waals surface area contributed by atoms with Crippen LogP contribution in [0.2, 0.25) is 0 Å². The fourth-order valence-electron chi connectivity index (χ4n) is 3.05. The average Bonchev–Trinajstić information content (AvgIpc) is 2.60. The summed E-state index contributed by atoms with van der Waals surface area (Å²) in [5.74, 6) is 0.527. The number of carbonyl (C=O) groups excluding carboxylic acids is 2. The third-order valence-corrected chi connectivity index (χ3v) is 5.47. The summed E-state index contributed by atoms with van der Waals surface area (Å²) in [6, 6.07) is 6.13. The highest BCUT2D eigenvalue weighted by atomic mass is 16.2. The number of hydrogen-bond acceptors (Lipinski definition) is 4. The fourth-order valence-corrected chi connectivity index (χ4v) is 3.05. The van der Waals surface area contributed by atoms with E-state index in [0.29, 0.717) is 19.0 Å². The minimum Gasteiger partial charge on any atom is -0.352 e. The molecule has 0 saturated carbocycles. The van der Waals surface area contributed by atoms with Crippen LogP contribution in [0.15, 0.2) is 18.2 Å². The molecular weight excluding hydrogens is 340 g/mol. The van der Waals surface area contributed by atoms with E-state index in [1.165, 1.54) is 5.56 Å². The Bertz CT molecular complexity index is 652. The predicted molar refractivity (Wildman–Crippen MR) is 110 cm³/mol. The van der Waals surface area contributed by atoms with E-state index in [9.17, 15) is 9.59 Å². The maximum Gasteiger partial charge on any atom is 0.238 e. The molecule has 1 heterocycles. The molecule has 1 fully saturated rings.